The monoisotopic (exact) mass is 494 g/mol. The maximum atomic E-state index is 12.9. The number of hydrogen-bond acceptors (Lipinski definition) is 5. The quantitative estimate of drug-likeness (QED) is 0.348. The molecule has 1 aliphatic heterocycles. The van der Waals surface area contributed by atoms with Crippen molar-refractivity contribution < 1.29 is 14.3 Å². The maximum absolute atomic E-state index is 12.9. The van der Waals surface area contributed by atoms with E-state index in [0.717, 1.165) is 33.5 Å². The molecule has 0 aromatic heterocycles. The lowest BCUT2D eigenvalue weighted by Gasteiger charge is -2.15. The van der Waals surface area contributed by atoms with Crippen molar-refractivity contribution in [1.29, 1.82) is 0 Å². The predicted molar refractivity (Wildman–Crippen MR) is 136 cm³/mol. The second-order valence-corrected chi connectivity index (χ2v) is 9.39. The summed E-state index contributed by atoms with van der Waals surface area (Å²) >= 11 is 12.3. The molecule has 0 aliphatic carbocycles. The van der Waals surface area contributed by atoms with Gasteiger partial charge in [-0.15, -0.1) is 0 Å². The number of nitrogens with zero attached hydrogens (tertiary/aromatic N) is 1. The molecule has 5 nitrogen and oxygen atoms in total. The first kappa shape index (κ1) is 23.0. The van der Waals surface area contributed by atoms with Crippen LogP contribution >= 0.6 is 35.6 Å². The Hall–Kier alpha value is -3.13. The highest BCUT2D eigenvalue weighted by molar-refractivity contribution is 8.26. The number of hydrazine groups is 1. The molecule has 1 N–H and O–H groups in total. The summed E-state index contributed by atoms with van der Waals surface area (Å²) in [6, 6.07) is 21.9. The van der Waals surface area contributed by atoms with Gasteiger partial charge in [0.2, 0.25) is 0 Å². The van der Waals surface area contributed by atoms with Crippen LogP contribution in [0.2, 0.25) is 5.02 Å². The third-order valence-corrected chi connectivity index (χ3v) is 6.35. The summed E-state index contributed by atoms with van der Waals surface area (Å²) in [5.74, 6) is -0.207. The average molecular weight is 495 g/mol. The Bertz CT molecular complexity index is 1260. The van der Waals surface area contributed by atoms with Crippen molar-refractivity contribution in [3.63, 3.8) is 0 Å². The fourth-order valence-electron chi connectivity index (χ4n) is 3.17. The first-order valence-corrected chi connectivity index (χ1v) is 11.6. The third kappa shape index (κ3) is 5.63. The summed E-state index contributed by atoms with van der Waals surface area (Å²) in [7, 11) is 0. The molecule has 8 heteroatoms. The molecule has 3 aromatic carbocycles. The largest absolute Gasteiger partial charge is 0.488 e. The van der Waals surface area contributed by atoms with Crippen molar-refractivity contribution in [2.24, 2.45) is 0 Å². The zero-order valence-corrected chi connectivity index (χ0v) is 20.0. The number of rotatable bonds is 6. The van der Waals surface area contributed by atoms with E-state index in [1.165, 1.54) is 0 Å². The molecule has 0 radical (unpaired) electrons. The van der Waals surface area contributed by atoms with E-state index >= 15 is 0 Å². The SMILES string of the molecule is Cc1cccc(COc2ccccc2/C=C2/SC(=S)N(NC(=O)c3ccc(Cl)cc3)C2=O)c1. The van der Waals surface area contributed by atoms with Gasteiger partial charge < -0.3 is 4.74 Å². The van der Waals surface area contributed by atoms with E-state index in [9.17, 15) is 9.59 Å². The molecule has 0 saturated carbocycles. The number of hydrogen-bond donors (Lipinski definition) is 1. The summed E-state index contributed by atoms with van der Waals surface area (Å²) in [5.41, 5.74) is 5.89. The van der Waals surface area contributed by atoms with Gasteiger partial charge >= 0.3 is 0 Å². The lowest BCUT2D eigenvalue weighted by molar-refractivity contribution is -0.123. The number of ether oxygens (including phenoxy) is 1. The van der Waals surface area contributed by atoms with Gasteiger partial charge in [0.1, 0.15) is 12.4 Å². The normalized spacial score (nSPS) is 14.6. The Balaban J connectivity index is 1.49. The van der Waals surface area contributed by atoms with Gasteiger partial charge in [0.15, 0.2) is 4.32 Å². The van der Waals surface area contributed by atoms with Crippen molar-refractivity contribution in [1.82, 2.24) is 10.4 Å². The highest BCUT2D eigenvalue weighted by atomic mass is 35.5. The number of amides is 2. The van der Waals surface area contributed by atoms with Crippen LogP contribution in [0.3, 0.4) is 0 Å². The summed E-state index contributed by atoms with van der Waals surface area (Å²) < 4.78 is 6.26. The second kappa shape index (κ2) is 10.2. The minimum Gasteiger partial charge on any atom is -0.488 e. The molecule has 33 heavy (non-hydrogen) atoms. The van der Waals surface area contributed by atoms with Crippen LogP contribution in [0, 0.1) is 6.92 Å². The van der Waals surface area contributed by atoms with Crippen LogP contribution < -0.4 is 10.2 Å². The van der Waals surface area contributed by atoms with Gasteiger partial charge in [-0.2, -0.15) is 5.01 Å². The number of thioether (sulfide) groups is 1. The van der Waals surface area contributed by atoms with Gasteiger partial charge in [0, 0.05) is 16.1 Å². The number of nitrogens with one attached hydrogen (secondary N) is 1. The molecule has 1 fully saturated rings. The Labute approximate surface area is 206 Å². The van der Waals surface area contributed by atoms with Crippen molar-refractivity contribution >= 4 is 57.8 Å². The summed E-state index contributed by atoms with van der Waals surface area (Å²) in [6.45, 7) is 2.44. The number of halogens is 1. The van der Waals surface area contributed by atoms with Crippen LogP contribution in [0.4, 0.5) is 0 Å². The van der Waals surface area contributed by atoms with E-state index in [2.05, 4.69) is 11.5 Å². The van der Waals surface area contributed by atoms with Crippen molar-refractivity contribution in [3.05, 3.63) is 105 Å². The van der Waals surface area contributed by atoms with E-state index in [0.29, 0.717) is 27.8 Å². The molecular weight excluding hydrogens is 476 g/mol. The van der Waals surface area contributed by atoms with Crippen LogP contribution in [0.1, 0.15) is 27.0 Å². The fourth-order valence-corrected chi connectivity index (χ4v) is 4.46. The standard InChI is InChI=1S/C25H19ClN2O3S2/c1-16-5-4-6-17(13-16)15-31-21-8-3-2-7-19(21)14-22-24(30)28(25(32)33-22)27-23(29)18-9-11-20(26)12-10-18/h2-14H,15H2,1H3,(H,27,29)/b22-14+. The van der Waals surface area contributed by atoms with Crippen molar-refractivity contribution in [2.45, 2.75) is 13.5 Å². The molecule has 0 spiro atoms. The molecule has 1 aliphatic rings. The Morgan fingerprint density at radius 1 is 1.12 bits per heavy atom. The lowest BCUT2D eigenvalue weighted by Crippen LogP contribution is -2.44. The second-order valence-electron chi connectivity index (χ2n) is 7.28. The van der Waals surface area contributed by atoms with Crippen LogP contribution in [0.15, 0.2) is 77.7 Å². The summed E-state index contributed by atoms with van der Waals surface area (Å²) in [6.07, 6.45) is 1.72. The smallest absolute Gasteiger partial charge is 0.285 e. The summed E-state index contributed by atoms with van der Waals surface area (Å²) in [4.78, 5) is 25.8. The van der Waals surface area contributed by atoms with Gasteiger partial charge in [0.25, 0.3) is 11.8 Å². The van der Waals surface area contributed by atoms with E-state index < -0.39 is 11.8 Å². The number of carbonyl (C=O) groups excluding carboxylic acids is 2. The third-order valence-electron chi connectivity index (χ3n) is 4.80. The Kier molecular flexibility index (Phi) is 7.13. The minimum atomic E-state index is -0.453. The number of aryl methyl sites for hydroxylation is 1. The van der Waals surface area contributed by atoms with Crippen molar-refractivity contribution in [3.8, 4) is 5.75 Å². The highest BCUT2D eigenvalue weighted by Crippen LogP contribution is 2.33. The van der Waals surface area contributed by atoms with E-state index in [-0.39, 0.29) is 4.32 Å². The fraction of sp³-hybridized carbons (Fsp3) is 0.0800. The number of thiocarbonyl (C=S) groups is 1. The topological polar surface area (TPSA) is 58.6 Å². The molecule has 3 aromatic rings. The number of carbonyl (C=O) groups is 2. The zero-order valence-electron chi connectivity index (χ0n) is 17.6. The summed E-state index contributed by atoms with van der Waals surface area (Å²) in [5, 5.41) is 1.60. The van der Waals surface area contributed by atoms with E-state index in [4.69, 9.17) is 28.6 Å². The van der Waals surface area contributed by atoms with Crippen LogP contribution in [-0.4, -0.2) is 21.1 Å². The minimum absolute atomic E-state index is 0.242. The van der Waals surface area contributed by atoms with E-state index in [1.54, 1.807) is 30.3 Å². The molecule has 0 unspecified atom stereocenters. The lowest BCUT2D eigenvalue weighted by atomic mass is 10.1. The molecule has 4 rings (SSSR count). The number of benzene rings is 3. The van der Waals surface area contributed by atoms with Crippen molar-refractivity contribution in [2.75, 3.05) is 0 Å². The molecule has 0 bridgehead atoms. The molecule has 0 atom stereocenters. The van der Waals surface area contributed by atoms with Gasteiger partial charge in [-0.25, -0.2) is 0 Å². The average Bonchev–Trinajstić information content (AvgIpc) is 3.06. The molecular formula is C25H19ClN2O3S2. The Morgan fingerprint density at radius 2 is 1.88 bits per heavy atom. The molecule has 1 saturated heterocycles. The van der Waals surface area contributed by atoms with Gasteiger partial charge in [-0.3, -0.25) is 15.0 Å². The molecule has 1 heterocycles. The van der Waals surface area contributed by atoms with E-state index in [1.807, 2.05) is 49.4 Å². The first-order chi connectivity index (χ1) is 15.9. The highest BCUT2D eigenvalue weighted by Gasteiger charge is 2.34. The molecule has 166 valence electrons. The van der Waals surface area contributed by atoms with Crippen LogP contribution in [-0.2, 0) is 11.4 Å². The number of para-hydroxylation sites is 1. The predicted octanol–water partition coefficient (Wildman–Crippen LogP) is 5.77. The molecule has 2 amide bonds. The van der Waals surface area contributed by atoms with Crippen LogP contribution in [0.5, 0.6) is 5.75 Å². The van der Waals surface area contributed by atoms with Crippen LogP contribution in [0.25, 0.3) is 6.08 Å². The maximum Gasteiger partial charge on any atom is 0.285 e. The Morgan fingerprint density at radius 3 is 2.64 bits per heavy atom. The van der Waals surface area contributed by atoms with Gasteiger partial charge in [-0.1, -0.05) is 71.4 Å². The zero-order chi connectivity index (χ0) is 23.4. The first-order valence-electron chi connectivity index (χ1n) is 10.0. The van der Waals surface area contributed by atoms with Gasteiger partial charge in [0.05, 0.1) is 4.91 Å². The van der Waals surface area contributed by atoms with Gasteiger partial charge in [-0.05, 0) is 61.1 Å².